The summed E-state index contributed by atoms with van der Waals surface area (Å²) in [6, 6.07) is 0. The first-order valence-corrected chi connectivity index (χ1v) is 23.8. The van der Waals surface area contributed by atoms with Crippen LogP contribution in [0, 0.1) is 29.6 Å². The molecule has 0 aliphatic heterocycles. The van der Waals surface area contributed by atoms with Gasteiger partial charge in [0.2, 0.25) is 8.32 Å². The van der Waals surface area contributed by atoms with Gasteiger partial charge in [-0.1, -0.05) is 98.6 Å². The molecule has 0 aromatic heterocycles. The van der Waals surface area contributed by atoms with Crippen molar-refractivity contribution in [3.63, 3.8) is 0 Å². The van der Waals surface area contributed by atoms with Crippen LogP contribution in [0.1, 0.15) is 109 Å². The van der Waals surface area contributed by atoms with Gasteiger partial charge in [-0.3, -0.25) is 4.79 Å². The predicted octanol–water partition coefficient (Wildman–Crippen LogP) is 9.78. The molecule has 2 aliphatic carbocycles. The van der Waals surface area contributed by atoms with E-state index in [9.17, 15) is 14.7 Å². The number of carbonyl (C=O) groups is 2. The summed E-state index contributed by atoms with van der Waals surface area (Å²) < 4.78 is 24.4. The number of esters is 2. The molecule has 0 aromatic rings. The second kappa shape index (κ2) is 17.8. The lowest BCUT2D eigenvalue weighted by Gasteiger charge is -2.47. The van der Waals surface area contributed by atoms with Crippen LogP contribution in [0.25, 0.3) is 0 Å². The number of hydrogen-bond acceptors (Lipinski definition) is 7. The fourth-order valence-corrected chi connectivity index (χ4v) is 15.2. The van der Waals surface area contributed by atoms with Crippen molar-refractivity contribution >= 4 is 28.6 Å². The minimum absolute atomic E-state index is 0.00388. The highest BCUT2D eigenvalue weighted by molar-refractivity contribution is 6.77. The number of aliphatic hydroxyl groups excluding tert-OH is 1. The Labute approximate surface area is 301 Å². The van der Waals surface area contributed by atoms with Crippen LogP contribution in [0.4, 0.5) is 0 Å². The molecule has 0 aromatic carbocycles. The number of ether oxygens (including phenoxy) is 2. The minimum atomic E-state index is -2.26. The van der Waals surface area contributed by atoms with Crippen molar-refractivity contribution in [3.05, 3.63) is 34.9 Å². The van der Waals surface area contributed by atoms with E-state index >= 15 is 0 Å². The van der Waals surface area contributed by atoms with Gasteiger partial charge >= 0.3 is 11.9 Å². The van der Waals surface area contributed by atoms with E-state index in [1.54, 1.807) is 0 Å². The summed E-state index contributed by atoms with van der Waals surface area (Å²) in [7, 11) is -2.69. The molecule has 1 N–H and O–H groups in total. The second-order valence-corrected chi connectivity index (χ2v) is 27.7. The first-order chi connectivity index (χ1) is 22.5. The van der Waals surface area contributed by atoms with Gasteiger partial charge in [-0.15, -0.1) is 0 Å². The van der Waals surface area contributed by atoms with Crippen LogP contribution in [-0.2, 0) is 27.9 Å². The Hall–Kier alpha value is -1.53. The molecule has 9 heteroatoms. The minimum Gasteiger partial charge on any atom is -0.466 e. The third kappa shape index (κ3) is 10.3. The summed E-state index contributed by atoms with van der Waals surface area (Å²) in [4.78, 5) is 24.8. The molecule has 0 amide bonds. The monoisotopic (exact) mass is 720 g/mol. The maximum Gasteiger partial charge on any atom is 0.336 e. The summed E-state index contributed by atoms with van der Waals surface area (Å²) in [6.07, 6.45) is 8.60. The van der Waals surface area contributed by atoms with Crippen LogP contribution >= 0.6 is 0 Å². The van der Waals surface area contributed by atoms with E-state index < -0.39 is 34.7 Å². The Balaban J connectivity index is 2.54. The van der Waals surface area contributed by atoms with E-state index in [0.29, 0.717) is 22.2 Å². The van der Waals surface area contributed by atoms with E-state index in [1.807, 2.05) is 6.08 Å². The zero-order valence-electron chi connectivity index (χ0n) is 33.9. The van der Waals surface area contributed by atoms with Crippen LogP contribution in [0.2, 0.25) is 34.8 Å². The number of methoxy groups -OCH3 is 1. The molecule has 2 aliphatic rings. The van der Waals surface area contributed by atoms with Crippen molar-refractivity contribution in [2.45, 2.75) is 156 Å². The molecular formula is C40H72O7Si2. The van der Waals surface area contributed by atoms with E-state index in [2.05, 4.69) is 108 Å². The van der Waals surface area contributed by atoms with Crippen LogP contribution in [0.3, 0.4) is 0 Å². The van der Waals surface area contributed by atoms with E-state index in [-0.39, 0.29) is 47.3 Å². The number of aliphatic hydroxyl groups is 1. The van der Waals surface area contributed by atoms with Crippen molar-refractivity contribution in [3.8, 4) is 0 Å². The maximum atomic E-state index is 13.0. The Bertz CT molecular complexity index is 1190. The molecule has 1 fully saturated rings. The predicted molar refractivity (Wildman–Crippen MR) is 206 cm³/mol. The molecule has 0 bridgehead atoms. The first-order valence-electron chi connectivity index (χ1n) is 18.8. The van der Waals surface area contributed by atoms with Crippen molar-refractivity contribution < 1.29 is 33.0 Å². The summed E-state index contributed by atoms with van der Waals surface area (Å²) in [6.45, 7) is 33.6. The Morgan fingerprint density at radius 3 is 2.08 bits per heavy atom. The van der Waals surface area contributed by atoms with Gasteiger partial charge in [-0.2, -0.15) is 0 Å². The van der Waals surface area contributed by atoms with E-state index in [4.69, 9.17) is 18.3 Å². The van der Waals surface area contributed by atoms with Gasteiger partial charge in [0, 0.05) is 31.3 Å². The Morgan fingerprint density at radius 1 is 1.02 bits per heavy atom. The first kappa shape index (κ1) is 43.6. The zero-order valence-corrected chi connectivity index (χ0v) is 35.9. The van der Waals surface area contributed by atoms with Gasteiger partial charge in [0.25, 0.3) is 0 Å². The fraction of sp³-hybridized carbons (Fsp3) is 0.800. The van der Waals surface area contributed by atoms with Gasteiger partial charge in [-0.25, -0.2) is 4.79 Å². The van der Waals surface area contributed by atoms with Crippen LogP contribution in [-0.4, -0.2) is 66.2 Å². The fourth-order valence-electron chi connectivity index (χ4n) is 8.47. The SMILES string of the molecule is COC(=O)/C(=C/[C@H]1[C@@H]2[C@@H](O)[C@@H](C)[C@H](O[Si](C(C)C)(C(C)C)C(C)C)[C@H]2C=C(C)[C@H]1C/C=C(\C)CCCO[Si](C)(C)C(C)(C)C)COC(C)=O. The number of allylic oxidation sites excluding steroid dienone is 4. The molecule has 1 saturated carbocycles. The standard InChI is InChI=1S/C40H72O7Si2/c1-25(2)49(26(3)4,27(5)6)47-38-30(9)37(42)36-34(23-32(39(43)44-14)24-45-31(10)41)33(29(8)22-35(36)38)20-19-28(7)18-17-21-46-48(15,16)40(11,12)13/h19,22-23,25-27,30,33-38,42H,17-18,20-21,24H2,1-16H3/b28-19+,32-23+/t30-,33-,34-,35+,36+,37+,38+/m1/s1. The molecule has 0 unspecified atom stereocenters. The molecule has 0 spiro atoms. The highest BCUT2D eigenvalue weighted by Crippen LogP contribution is 2.55. The van der Waals surface area contributed by atoms with Gasteiger partial charge < -0.3 is 23.4 Å². The lowest BCUT2D eigenvalue weighted by molar-refractivity contribution is -0.142. The average molecular weight is 721 g/mol. The molecule has 0 radical (unpaired) electrons. The highest BCUT2D eigenvalue weighted by atomic mass is 28.4. The van der Waals surface area contributed by atoms with Crippen LogP contribution in [0.15, 0.2) is 34.9 Å². The number of fused-ring (bicyclic) bond motifs is 1. The van der Waals surface area contributed by atoms with Crippen LogP contribution < -0.4 is 0 Å². The normalized spacial score (nSPS) is 27.1. The van der Waals surface area contributed by atoms with Gasteiger partial charge in [0.15, 0.2) is 8.32 Å². The summed E-state index contributed by atoms with van der Waals surface area (Å²) in [5.41, 5.74) is 4.12. The maximum absolute atomic E-state index is 13.0. The van der Waals surface area contributed by atoms with E-state index in [0.717, 1.165) is 25.9 Å². The highest BCUT2D eigenvalue weighted by Gasteiger charge is 2.57. The Kier molecular flexibility index (Phi) is 15.9. The summed E-state index contributed by atoms with van der Waals surface area (Å²) >= 11 is 0. The van der Waals surface area contributed by atoms with Gasteiger partial charge in [0.1, 0.15) is 6.61 Å². The van der Waals surface area contributed by atoms with Crippen molar-refractivity contribution in [1.82, 2.24) is 0 Å². The topological polar surface area (TPSA) is 91.3 Å². The third-order valence-corrected chi connectivity index (χ3v) is 22.9. The number of rotatable bonds is 16. The van der Waals surface area contributed by atoms with E-state index in [1.165, 1.54) is 25.2 Å². The quantitative estimate of drug-likeness (QED) is 0.0558. The van der Waals surface area contributed by atoms with Crippen molar-refractivity contribution in [2.24, 2.45) is 29.6 Å². The lowest BCUT2D eigenvalue weighted by atomic mass is 9.66. The molecular weight excluding hydrogens is 649 g/mol. The molecule has 49 heavy (non-hydrogen) atoms. The Morgan fingerprint density at radius 2 is 1.59 bits per heavy atom. The zero-order chi connectivity index (χ0) is 37.6. The molecule has 0 saturated heterocycles. The second-order valence-electron chi connectivity index (χ2n) is 17.5. The molecule has 7 atom stereocenters. The number of hydrogen-bond donors (Lipinski definition) is 1. The van der Waals surface area contributed by atoms with Crippen molar-refractivity contribution in [2.75, 3.05) is 20.3 Å². The summed E-state index contributed by atoms with van der Waals surface area (Å²) in [5, 5.41) is 12.3. The molecule has 7 nitrogen and oxygen atoms in total. The summed E-state index contributed by atoms with van der Waals surface area (Å²) in [5.74, 6) is -1.34. The third-order valence-electron chi connectivity index (χ3n) is 12.2. The number of carbonyl (C=O) groups excluding carboxylic acids is 2. The largest absolute Gasteiger partial charge is 0.466 e. The smallest absolute Gasteiger partial charge is 0.336 e. The van der Waals surface area contributed by atoms with Crippen molar-refractivity contribution in [1.29, 1.82) is 0 Å². The molecule has 282 valence electrons. The molecule has 2 rings (SSSR count). The van der Waals surface area contributed by atoms with Crippen LogP contribution in [0.5, 0.6) is 0 Å². The van der Waals surface area contributed by atoms with Gasteiger partial charge in [0.05, 0.1) is 24.9 Å². The average Bonchev–Trinajstić information content (AvgIpc) is 3.21. The molecule has 0 heterocycles. The lowest BCUT2D eigenvalue weighted by Crippen LogP contribution is -2.52. The van der Waals surface area contributed by atoms with Gasteiger partial charge in [-0.05, 0) is 79.7 Å².